The molecule has 1 aliphatic carbocycles. The smallest absolute Gasteiger partial charge is 0.326 e. The van der Waals surface area contributed by atoms with Gasteiger partial charge in [0, 0.05) is 100 Å². The van der Waals surface area contributed by atoms with Gasteiger partial charge in [-0.1, -0.05) is 157 Å². The molecule has 5 rings (SSSR count). The second-order valence-electron chi connectivity index (χ2n) is 35.2. The maximum absolute atomic E-state index is 14.5. The fourth-order valence-electron chi connectivity index (χ4n) is 17.6. The molecule has 6 unspecified atom stereocenters. The Balaban J connectivity index is 0.906. The van der Waals surface area contributed by atoms with E-state index in [1.54, 1.807) is 87.7 Å². The number of likely N-dealkylation sites (N-methyl/N-ethyl adjacent to an activating group) is 4. The van der Waals surface area contributed by atoms with Gasteiger partial charge in [-0.25, -0.2) is 4.79 Å². The van der Waals surface area contributed by atoms with Crippen molar-refractivity contribution in [1.82, 2.24) is 66.2 Å². The molecule has 7 N–H and O–H groups in total. The molecule has 29 heteroatoms. The summed E-state index contributed by atoms with van der Waals surface area (Å²) in [6, 6.07) is 1.20. The second kappa shape index (κ2) is 50.3. The average molecular weight is 1650 g/mol. The van der Waals surface area contributed by atoms with Gasteiger partial charge in [-0.3, -0.25) is 62.4 Å². The summed E-state index contributed by atoms with van der Waals surface area (Å²) in [6.07, 6.45) is 17.4. The zero-order valence-electron chi connectivity index (χ0n) is 74.2. The maximum atomic E-state index is 14.5. The van der Waals surface area contributed by atoms with Crippen LogP contribution in [0.5, 0.6) is 0 Å². The number of amides is 12. The average Bonchev–Trinajstić information content (AvgIpc) is 1.59. The van der Waals surface area contributed by atoms with Crippen LogP contribution in [0.15, 0.2) is 30.3 Å². The molecular formula is C88H149N13O16. The number of ether oxygens (including phenoxy) is 2. The Kier molecular flexibility index (Phi) is 42.9. The van der Waals surface area contributed by atoms with Gasteiger partial charge in [0.25, 0.3) is 0 Å². The molecule has 117 heavy (non-hydrogen) atoms. The topological polar surface area (TPSA) is 355 Å². The monoisotopic (exact) mass is 1640 g/mol. The van der Waals surface area contributed by atoms with Crippen LogP contribution in [0.1, 0.15) is 242 Å². The maximum Gasteiger partial charge on any atom is 0.326 e. The summed E-state index contributed by atoms with van der Waals surface area (Å²) in [5.74, 6) is -5.13. The first-order valence-electron chi connectivity index (χ1n) is 43.9. The summed E-state index contributed by atoms with van der Waals surface area (Å²) in [7, 11) is 11.3. The largest absolute Gasteiger partial charge is 0.480 e. The molecular weight excluding hydrogens is 1500 g/mol. The van der Waals surface area contributed by atoms with Crippen molar-refractivity contribution < 1.29 is 76.9 Å². The molecule has 13 atom stereocenters. The summed E-state index contributed by atoms with van der Waals surface area (Å²) >= 11 is 0. The lowest BCUT2D eigenvalue weighted by atomic mass is 9.82. The lowest BCUT2D eigenvalue weighted by Gasteiger charge is -2.38. The summed E-state index contributed by atoms with van der Waals surface area (Å²) in [4.78, 5) is 188. The van der Waals surface area contributed by atoms with Crippen LogP contribution in [0.25, 0.3) is 0 Å². The summed E-state index contributed by atoms with van der Waals surface area (Å²) in [6.45, 7) is 22.7. The highest BCUT2D eigenvalue weighted by Crippen LogP contribution is 2.34. The van der Waals surface area contributed by atoms with Gasteiger partial charge in [0.1, 0.15) is 42.3 Å². The van der Waals surface area contributed by atoms with Crippen LogP contribution in [0.4, 0.5) is 0 Å². The minimum Gasteiger partial charge on any atom is -0.480 e. The lowest BCUT2D eigenvalue weighted by Crippen LogP contribution is -2.61. The van der Waals surface area contributed by atoms with Gasteiger partial charge < -0.3 is 75.9 Å². The third kappa shape index (κ3) is 30.5. The van der Waals surface area contributed by atoms with Crippen LogP contribution < -0.4 is 31.9 Å². The Morgan fingerprint density at radius 1 is 0.496 bits per heavy atom. The SMILES string of the molecule is CO[C@H](CC(=O)N1CCCC1[C@H](OC)[C@@H](C)C(=O)N[C@@H](Cc1ccccc1)C(=O)O)[C@H](C)N(C)C(=O)[C@@H](NC(=O)[C@H](C)N(C)C(=O)CCCC(=O)NCCCCC1CCCC(CCCCNC(=O)CCCCNC(=O)C2CCCN2C(=O)C2CCCN2C(=O)C(C(C)C)N(C)C(=O)C(NC(=O)C(C(C)C)N(C)C)C(C)C)CCC1)C(C)C. The Morgan fingerprint density at radius 2 is 1.00 bits per heavy atom. The fraction of sp³-hybridized carbons (Fsp3) is 0.784. The molecule has 29 nitrogen and oxygen atoms in total. The first-order chi connectivity index (χ1) is 55.5. The molecule has 3 saturated heterocycles. The number of carboxylic acids is 1. The number of carbonyl (C=O) groups is 13. The molecule has 3 heterocycles. The minimum atomic E-state index is -1.17. The van der Waals surface area contributed by atoms with Crippen molar-refractivity contribution in [3.05, 3.63) is 35.9 Å². The Bertz CT molecular complexity index is 3340. The number of benzene rings is 1. The summed E-state index contributed by atoms with van der Waals surface area (Å²) in [5, 5.41) is 27.6. The first-order valence-corrected chi connectivity index (χ1v) is 43.9. The van der Waals surface area contributed by atoms with E-state index < -0.39 is 102 Å². The van der Waals surface area contributed by atoms with Gasteiger partial charge in [0.2, 0.25) is 70.9 Å². The van der Waals surface area contributed by atoms with Crippen LogP contribution in [-0.4, -0.2) is 278 Å². The number of carbonyl (C=O) groups excluding carboxylic acids is 12. The van der Waals surface area contributed by atoms with Crippen molar-refractivity contribution in [1.29, 1.82) is 0 Å². The number of likely N-dealkylation sites (tertiary alicyclic amines) is 3. The molecule has 662 valence electrons. The normalized spacial score (nSPS) is 20.4. The molecule has 0 spiro atoms. The van der Waals surface area contributed by atoms with Gasteiger partial charge in [-0.15, -0.1) is 0 Å². The van der Waals surface area contributed by atoms with E-state index in [9.17, 15) is 67.4 Å². The second-order valence-corrected chi connectivity index (χ2v) is 35.2. The number of unbranched alkanes of at least 4 members (excludes halogenated alkanes) is 3. The molecule has 3 aliphatic heterocycles. The van der Waals surface area contributed by atoms with E-state index in [2.05, 4.69) is 31.9 Å². The highest BCUT2D eigenvalue weighted by molar-refractivity contribution is 5.97. The van der Waals surface area contributed by atoms with Crippen molar-refractivity contribution in [3.8, 4) is 0 Å². The third-order valence-electron chi connectivity index (χ3n) is 24.9. The third-order valence-corrected chi connectivity index (χ3v) is 24.9. The molecule has 0 aromatic heterocycles. The number of aliphatic carboxylic acids is 1. The van der Waals surface area contributed by atoms with Crippen molar-refractivity contribution >= 4 is 76.9 Å². The van der Waals surface area contributed by atoms with E-state index >= 15 is 0 Å². The van der Waals surface area contributed by atoms with Crippen molar-refractivity contribution in [3.63, 3.8) is 0 Å². The number of hydrogen-bond donors (Lipinski definition) is 7. The zero-order chi connectivity index (χ0) is 86.9. The quantitative estimate of drug-likeness (QED) is 0.0311. The predicted molar refractivity (Wildman–Crippen MR) is 450 cm³/mol. The van der Waals surface area contributed by atoms with E-state index in [1.807, 2.05) is 66.6 Å². The number of methoxy groups -OCH3 is 2. The highest BCUT2D eigenvalue weighted by Gasteiger charge is 2.47. The molecule has 4 fully saturated rings. The van der Waals surface area contributed by atoms with Gasteiger partial charge >= 0.3 is 5.97 Å². The van der Waals surface area contributed by atoms with Gasteiger partial charge in [0.05, 0.1) is 42.7 Å². The fourth-order valence-corrected chi connectivity index (χ4v) is 17.6. The molecule has 1 aromatic rings. The van der Waals surface area contributed by atoms with Crippen LogP contribution in [0.3, 0.4) is 0 Å². The van der Waals surface area contributed by atoms with Crippen LogP contribution in [0, 0.1) is 41.4 Å². The van der Waals surface area contributed by atoms with E-state index in [1.165, 1.54) is 74.5 Å². The molecule has 1 saturated carbocycles. The summed E-state index contributed by atoms with van der Waals surface area (Å²) < 4.78 is 11.7. The predicted octanol–water partition coefficient (Wildman–Crippen LogP) is 7.49. The van der Waals surface area contributed by atoms with Crippen molar-refractivity contribution in [2.24, 2.45) is 41.4 Å². The van der Waals surface area contributed by atoms with E-state index in [0.29, 0.717) is 115 Å². The Hall–Kier alpha value is -7.79. The van der Waals surface area contributed by atoms with E-state index in [0.717, 1.165) is 44.1 Å². The standard InChI is InChI=1S/C88H149N13O16/c1-56(2)75(85(111)97(15)61(10)70(116-17)55-74(105)99-51-31-42-67(99)79(117-18)60(9)80(106)92-66(88(114)115)54-65-36-20-19-21-37-65)93-81(107)62(11)96(14)73(104)47-30-46-72(103)90-49-26-23-35-64-40-28-38-63(39-29-41-64)34-22-25-48-89-71(102)45-24-27-50-91-82(108)68-43-32-52-100(68)84(110)69-44-33-53-101(69)87(113)78(59(7)8)98(16)86(112)76(57(3)4)94-83(109)77(58(5)6)95(12)13/h19-21,36-37,56-64,66-70,75-79H,22-35,38-55H2,1-18H3,(H,89,102)(H,90,103)(H,91,108)(H,92,106)(H,93,107)(H,94,109)(H,114,115)/t60-,61+,62+,63?,64?,66+,67?,68?,69?,70-,75+,76?,77?,78?,79-/m1/s1. The number of nitrogens with zero attached hydrogens (tertiary/aromatic N) is 7. The number of rotatable bonds is 48. The van der Waals surface area contributed by atoms with Crippen LogP contribution >= 0.6 is 0 Å². The molecule has 1 aromatic carbocycles. The number of carboxylic acid groups (broad SMARTS) is 1. The minimum absolute atomic E-state index is 0.000421. The Morgan fingerprint density at radius 3 is 1.53 bits per heavy atom. The van der Waals surface area contributed by atoms with Gasteiger partial charge in [-0.05, 0) is 140 Å². The number of hydrogen-bond acceptors (Lipinski definition) is 16. The first kappa shape index (κ1) is 99.8. The van der Waals surface area contributed by atoms with Crippen LogP contribution in [0.2, 0.25) is 0 Å². The molecule has 0 radical (unpaired) electrons. The van der Waals surface area contributed by atoms with Crippen LogP contribution in [-0.2, 0) is 78.2 Å². The zero-order valence-corrected chi connectivity index (χ0v) is 74.2. The molecule has 0 bridgehead atoms. The summed E-state index contributed by atoms with van der Waals surface area (Å²) in [5.41, 5.74) is 0.755. The van der Waals surface area contributed by atoms with Gasteiger partial charge in [0.15, 0.2) is 0 Å². The van der Waals surface area contributed by atoms with Crippen molar-refractivity contribution in [2.45, 2.75) is 316 Å². The molecule has 4 aliphatic rings. The van der Waals surface area contributed by atoms with E-state index in [4.69, 9.17) is 9.47 Å². The van der Waals surface area contributed by atoms with Crippen molar-refractivity contribution in [2.75, 3.05) is 88.7 Å². The van der Waals surface area contributed by atoms with Gasteiger partial charge in [-0.2, -0.15) is 0 Å². The Labute approximate surface area is 698 Å². The number of nitrogens with one attached hydrogen (secondary N) is 6. The highest BCUT2D eigenvalue weighted by atomic mass is 16.5. The van der Waals surface area contributed by atoms with E-state index in [-0.39, 0.29) is 103 Å². The lowest BCUT2D eigenvalue weighted by molar-refractivity contribution is -0.153. The molecule has 12 amide bonds.